The summed E-state index contributed by atoms with van der Waals surface area (Å²) < 4.78 is 6.63. The van der Waals surface area contributed by atoms with E-state index in [9.17, 15) is 14.9 Å². The molecule has 2 aromatic heterocycles. The van der Waals surface area contributed by atoms with Crippen molar-refractivity contribution in [1.82, 2.24) is 9.78 Å². The molecule has 0 aliphatic heterocycles. The van der Waals surface area contributed by atoms with E-state index in [0.29, 0.717) is 35.0 Å². The number of non-ortho nitro benzene ring substituents is 1. The number of rotatable bonds is 8. The molecular formula is C24H22N4O4S. The van der Waals surface area contributed by atoms with Crippen LogP contribution >= 0.6 is 11.3 Å². The number of aromatic nitrogens is 2. The Balaban J connectivity index is 1.76. The van der Waals surface area contributed by atoms with E-state index in [1.54, 1.807) is 30.6 Å². The predicted octanol–water partition coefficient (Wildman–Crippen LogP) is 4.86. The number of nitrogens with one attached hydrogen (secondary N) is 1. The summed E-state index contributed by atoms with van der Waals surface area (Å²) in [6, 6.07) is 17.3. The van der Waals surface area contributed by atoms with Crippen molar-refractivity contribution in [3.63, 3.8) is 0 Å². The van der Waals surface area contributed by atoms with Gasteiger partial charge in [-0.05, 0) is 54.8 Å². The molecule has 2 aromatic carbocycles. The standard InChI is InChI=1S/C24H22N4O4S/c1-16(25-14-13-21-4-3-15-33-21)22-23(17-5-11-20(32-2)12-6-17)26-27(24(22)29)18-7-9-19(10-8-18)28(30)31/h3-12,15,26H,13-14H2,1-2H3. The van der Waals surface area contributed by atoms with Gasteiger partial charge in [-0.1, -0.05) is 6.07 Å². The van der Waals surface area contributed by atoms with Crippen molar-refractivity contribution in [2.75, 3.05) is 13.7 Å². The highest BCUT2D eigenvalue weighted by atomic mass is 32.1. The summed E-state index contributed by atoms with van der Waals surface area (Å²) in [5.41, 5.74) is 2.70. The molecule has 8 nitrogen and oxygen atoms in total. The highest BCUT2D eigenvalue weighted by Gasteiger charge is 2.20. The van der Waals surface area contributed by atoms with Gasteiger partial charge in [-0.15, -0.1) is 11.3 Å². The number of aromatic amines is 1. The zero-order chi connectivity index (χ0) is 23.4. The average Bonchev–Trinajstić information content (AvgIpc) is 3.47. The molecule has 9 heteroatoms. The van der Waals surface area contributed by atoms with Gasteiger partial charge in [0.15, 0.2) is 0 Å². The molecule has 0 saturated heterocycles. The van der Waals surface area contributed by atoms with Gasteiger partial charge >= 0.3 is 0 Å². The SMILES string of the molecule is COc1ccc(-c2[nH]n(-c3ccc([N+](=O)[O-])cc3)c(=O)c2C(C)=NCCc2cccs2)cc1. The van der Waals surface area contributed by atoms with Gasteiger partial charge in [0.05, 0.1) is 29.0 Å². The maximum absolute atomic E-state index is 13.4. The number of hydrogen-bond donors (Lipinski definition) is 1. The van der Waals surface area contributed by atoms with E-state index in [2.05, 4.69) is 16.2 Å². The van der Waals surface area contributed by atoms with Crippen molar-refractivity contribution in [1.29, 1.82) is 0 Å². The molecule has 1 N–H and O–H groups in total. The van der Waals surface area contributed by atoms with Crippen LogP contribution in [0.4, 0.5) is 5.69 Å². The summed E-state index contributed by atoms with van der Waals surface area (Å²) in [6.45, 7) is 2.39. The largest absolute Gasteiger partial charge is 0.497 e. The summed E-state index contributed by atoms with van der Waals surface area (Å²) >= 11 is 1.68. The number of H-pyrrole nitrogens is 1. The Morgan fingerprint density at radius 2 is 1.88 bits per heavy atom. The number of nitro groups is 1. The summed E-state index contributed by atoms with van der Waals surface area (Å²) in [4.78, 5) is 29.9. The molecule has 4 aromatic rings. The number of hydrogen-bond acceptors (Lipinski definition) is 6. The van der Waals surface area contributed by atoms with Gasteiger partial charge in [-0.2, -0.15) is 0 Å². The first kappa shape index (κ1) is 22.2. The second-order valence-corrected chi connectivity index (χ2v) is 8.33. The third kappa shape index (κ3) is 4.78. The van der Waals surface area contributed by atoms with E-state index < -0.39 is 4.92 Å². The Morgan fingerprint density at radius 1 is 1.15 bits per heavy atom. The smallest absolute Gasteiger partial charge is 0.280 e. The lowest BCUT2D eigenvalue weighted by Crippen LogP contribution is -2.19. The fraction of sp³-hybridized carbons (Fsp3) is 0.167. The first-order valence-corrected chi connectivity index (χ1v) is 11.1. The van der Waals surface area contributed by atoms with E-state index in [1.165, 1.54) is 21.7 Å². The maximum atomic E-state index is 13.4. The van der Waals surface area contributed by atoms with Crippen molar-refractivity contribution in [2.24, 2.45) is 4.99 Å². The quantitative estimate of drug-likeness (QED) is 0.229. The molecular weight excluding hydrogens is 440 g/mol. The molecule has 2 heterocycles. The lowest BCUT2D eigenvalue weighted by Gasteiger charge is -2.05. The van der Waals surface area contributed by atoms with Gasteiger partial charge in [0.1, 0.15) is 5.75 Å². The highest BCUT2D eigenvalue weighted by molar-refractivity contribution is 7.09. The van der Waals surface area contributed by atoms with Crippen LogP contribution in [0.25, 0.3) is 16.9 Å². The van der Waals surface area contributed by atoms with Crippen molar-refractivity contribution in [3.05, 3.63) is 97.0 Å². The minimum absolute atomic E-state index is 0.0414. The van der Waals surface area contributed by atoms with Crippen LogP contribution in [0.15, 0.2) is 75.8 Å². The van der Waals surface area contributed by atoms with E-state index in [0.717, 1.165) is 12.0 Å². The lowest BCUT2D eigenvalue weighted by atomic mass is 10.0. The molecule has 0 unspecified atom stereocenters. The van der Waals surface area contributed by atoms with E-state index in [4.69, 9.17) is 4.74 Å². The molecule has 0 radical (unpaired) electrons. The van der Waals surface area contributed by atoms with Crippen LogP contribution in [0.3, 0.4) is 0 Å². The molecule has 168 valence electrons. The van der Waals surface area contributed by atoms with Crippen LogP contribution < -0.4 is 10.3 Å². The van der Waals surface area contributed by atoms with Crippen molar-refractivity contribution in [2.45, 2.75) is 13.3 Å². The van der Waals surface area contributed by atoms with Gasteiger partial charge in [0.2, 0.25) is 0 Å². The molecule has 33 heavy (non-hydrogen) atoms. The van der Waals surface area contributed by atoms with Crippen LogP contribution in [-0.4, -0.2) is 34.1 Å². The van der Waals surface area contributed by atoms with Crippen molar-refractivity contribution < 1.29 is 9.66 Å². The highest BCUT2D eigenvalue weighted by Crippen LogP contribution is 2.25. The second-order valence-electron chi connectivity index (χ2n) is 7.30. The molecule has 0 aliphatic rings. The molecule has 0 saturated carbocycles. The van der Waals surface area contributed by atoms with E-state index in [1.807, 2.05) is 42.6 Å². The topological polar surface area (TPSA) is 103 Å². The Morgan fingerprint density at radius 3 is 2.48 bits per heavy atom. The van der Waals surface area contributed by atoms with E-state index in [-0.39, 0.29) is 11.2 Å². The minimum atomic E-state index is -0.472. The Hall–Kier alpha value is -3.98. The zero-order valence-corrected chi connectivity index (χ0v) is 19.0. The first-order valence-electron chi connectivity index (χ1n) is 10.3. The second kappa shape index (κ2) is 9.66. The monoisotopic (exact) mass is 462 g/mol. The van der Waals surface area contributed by atoms with Gasteiger partial charge < -0.3 is 4.74 Å². The average molecular weight is 463 g/mol. The Bertz CT molecular complexity index is 1330. The number of ether oxygens (including phenoxy) is 1. The Labute approximate surface area is 193 Å². The minimum Gasteiger partial charge on any atom is -0.497 e. The number of aliphatic imine (C=N–C) groups is 1. The summed E-state index contributed by atoms with van der Waals surface area (Å²) in [5.74, 6) is 0.707. The molecule has 0 amide bonds. The summed E-state index contributed by atoms with van der Waals surface area (Å²) in [7, 11) is 1.60. The molecule has 0 bridgehead atoms. The molecule has 0 aliphatic carbocycles. The third-order valence-electron chi connectivity index (χ3n) is 5.24. The first-order chi connectivity index (χ1) is 16.0. The molecule has 4 rings (SSSR count). The fourth-order valence-corrected chi connectivity index (χ4v) is 4.21. The summed E-state index contributed by atoms with van der Waals surface area (Å²) in [5, 5.41) is 16.2. The number of methoxy groups -OCH3 is 1. The van der Waals surface area contributed by atoms with Crippen molar-refractivity contribution >= 4 is 22.7 Å². The summed E-state index contributed by atoms with van der Waals surface area (Å²) in [6.07, 6.45) is 0.799. The third-order valence-corrected chi connectivity index (χ3v) is 6.17. The molecule has 0 atom stereocenters. The van der Waals surface area contributed by atoms with E-state index >= 15 is 0 Å². The lowest BCUT2D eigenvalue weighted by molar-refractivity contribution is -0.384. The molecule has 0 spiro atoms. The van der Waals surface area contributed by atoms with Gasteiger partial charge in [0, 0.05) is 41.3 Å². The van der Waals surface area contributed by atoms with Gasteiger partial charge in [-0.3, -0.25) is 25.0 Å². The van der Waals surface area contributed by atoms with Crippen LogP contribution in [0.5, 0.6) is 5.75 Å². The maximum Gasteiger partial charge on any atom is 0.280 e. The zero-order valence-electron chi connectivity index (χ0n) is 18.1. The van der Waals surface area contributed by atoms with Crippen molar-refractivity contribution in [3.8, 4) is 22.7 Å². The van der Waals surface area contributed by atoms with Gasteiger partial charge in [-0.25, -0.2) is 4.68 Å². The fourth-order valence-electron chi connectivity index (χ4n) is 3.51. The number of benzene rings is 2. The number of thiophene rings is 1. The number of nitrogens with zero attached hydrogens (tertiary/aromatic N) is 3. The van der Waals surface area contributed by atoms with Gasteiger partial charge in [0.25, 0.3) is 11.2 Å². The normalized spacial score (nSPS) is 11.5. The molecule has 0 fully saturated rings. The van der Waals surface area contributed by atoms with Crippen LogP contribution in [-0.2, 0) is 6.42 Å². The Kier molecular flexibility index (Phi) is 6.50. The van der Waals surface area contributed by atoms with Crippen LogP contribution in [0.1, 0.15) is 17.4 Å². The van der Waals surface area contributed by atoms with Crippen LogP contribution in [0.2, 0.25) is 0 Å². The predicted molar refractivity (Wildman–Crippen MR) is 130 cm³/mol. The van der Waals surface area contributed by atoms with Crippen LogP contribution in [0, 0.1) is 10.1 Å². The number of nitro benzene ring substituents is 1.